The monoisotopic (exact) mass is 242 g/mol. The van der Waals surface area contributed by atoms with Gasteiger partial charge in [-0.2, -0.15) is 0 Å². The van der Waals surface area contributed by atoms with Gasteiger partial charge in [0.15, 0.2) is 0 Å². The molecule has 0 unspecified atom stereocenters. The first-order valence-electron chi connectivity index (χ1n) is 5.35. The van der Waals surface area contributed by atoms with Gasteiger partial charge in [0, 0.05) is 18.7 Å². The number of anilines is 1. The van der Waals surface area contributed by atoms with Gasteiger partial charge in [-0.25, -0.2) is 0 Å². The van der Waals surface area contributed by atoms with E-state index in [0.29, 0.717) is 13.0 Å². The zero-order valence-electron chi connectivity index (χ0n) is 9.53. The van der Waals surface area contributed by atoms with Gasteiger partial charge in [-0.05, 0) is 24.1 Å². The van der Waals surface area contributed by atoms with Crippen LogP contribution in [0.25, 0.3) is 0 Å². The van der Waals surface area contributed by atoms with E-state index in [1.165, 1.54) is 0 Å². The summed E-state index contributed by atoms with van der Waals surface area (Å²) in [5, 5.41) is 2.85. The van der Waals surface area contributed by atoms with Crippen LogP contribution in [-0.4, -0.2) is 5.91 Å². The van der Waals surface area contributed by atoms with Gasteiger partial charge < -0.3 is 11.1 Å². The lowest BCUT2D eigenvalue weighted by atomic mass is 10.2. The number of benzene rings is 1. The number of unbranched alkanes of at least 4 members (excludes halogenated alkanes) is 1. The van der Waals surface area contributed by atoms with Gasteiger partial charge in [0.25, 0.3) is 0 Å². The molecule has 1 aromatic carbocycles. The van der Waals surface area contributed by atoms with Gasteiger partial charge in [-0.15, -0.1) is 12.4 Å². The maximum Gasteiger partial charge on any atom is 0.224 e. The lowest BCUT2D eigenvalue weighted by molar-refractivity contribution is -0.116. The molecule has 0 aliphatic rings. The van der Waals surface area contributed by atoms with Crippen molar-refractivity contribution in [1.29, 1.82) is 0 Å². The van der Waals surface area contributed by atoms with Crippen molar-refractivity contribution < 1.29 is 4.79 Å². The maximum absolute atomic E-state index is 11.4. The molecule has 90 valence electrons. The molecule has 16 heavy (non-hydrogen) atoms. The van der Waals surface area contributed by atoms with E-state index >= 15 is 0 Å². The fourth-order valence-electron chi connectivity index (χ4n) is 1.28. The molecule has 1 amide bonds. The minimum absolute atomic E-state index is 0. The third-order valence-electron chi connectivity index (χ3n) is 2.23. The highest BCUT2D eigenvalue weighted by molar-refractivity contribution is 5.90. The molecule has 0 radical (unpaired) electrons. The fourth-order valence-corrected chi connectivity index (χ4v) is 1.28. The molecule has 1 aromatic rings. The summed E-state index contributed by atoms with van der Waals surface area (Å²) in [7, 11) is 0. The normalized spacial score (nSPS) is 9.38. The van der Waals surface area contributed by atoms with Crippen molar-refractivity contribution >= 4 is 24.0 Å². The Balaban J connectivity index is 0.00000225. The Kier molecular flexibility index (Phi) is 7.60. The number of hydrogen-bond donors (Lipinski definition) is 2. The molecule has 0 atom stereocenters. The molecule has 3 N–H and O–H groups in total. The summed E-state index contributed by atoms with van der Waals surface area (Å²) in [6.07, 6.45) is 2.57. The molecular formula is C12H19ClN2O. The number of rotatable bonds is 5. The predicted molar refractivity (Wildman–Crippen MR) is 69.7 cm³/mol. The van der Waals surface area contributed by atoms with Crippen molar-refractivity contribution in [2.45, 2.75) is 32.7 Å². The number of amides is 1. The second-order valence-electron chi connectivity index (χ2n) is 3.55. The quantitative estimate of drug-likeness (QED) is 0.834. The van der Waals surface area contributed by atoms with Gasteiger partial charge in [0.05, 0.1) is 0 Å². The van der Waals surface area contributed by atoms with E-state index in [2.05, 4.69) is 12.2 Å². The van der Waals surface area contributed by atoms with Crippen molar-refractivity contribution in [3.05, 3.63) is 29.8 Å². The molecule has 0 spiro atoms. The van der Waals surface area contributed by atoms with Crippen LogP contribution in [-0.2, 0) is 11.3 Å². The van der Waals surface area contributed by atoms with E-state index < -0.39 is 0 Å². The zero-order valence-corrected chi connectivity index (χ0v) is 10.3. The molecule has 0 aliphatic carbocycles. The van der Waals surface area contributed by atoms with Crippen molar-refractivity contribution in [2.75, 3.05) is 5.32 Å². The Hall–Kier alpha value is -1.06. The number of carbonyl (C=O) groups is 1. The van der Waals surface area contributed by atoms with E-state index in [9.17, 15) is 4.79 Å². The number of carbonyl (C=O) groups excluding carboxylic acids is 1. The Morgan fingerprint density at radius 3 is 2.44 bits per heavy atom. The number of nitrogens with two attached hydrogens (primary N) is 1. The standard InChI is InChI=1S/C12H18N2O.ClH/c1-2-3-4-12(15)14-11-7-5-10(9-13)6-8-11;/h5-8H,2-4,9,13H2,1H3,(H,14,15);1H. The van der Waals surface area contributed by atoms with Crippen LogP contribution in [0.5, 0.6) is 0 Å². The van der Waals surface area contributed by atoms with Crippen LogP contribution in [0.1, 0.15) is 31.7 Å². The Morgan fingerprint density at radius 1 is 1.31 bits per heavy atom. The lowest BCUT2D eigenvalue weighted by Gasteiger charge is -2.05. The van der Waals surface area contributed by atoms with Crippen molar-refractivity contribution in [3.8, 4) is 0 Å². The molecule has 0 aliphatic heterocycles. The predicted octanol–water partition coefficient (Wildman–Crippen LogP) is 2.70. The molecule has 4 heteroatoms. The van der Waals surface area contributed by atoms with E-state index in [1.54, 1.807) is 0 Å². The molecule has 0 aromatic heterocycles. The fraction of sp³-hybridized carbons (Fsp3) is 0.417. The highest BCUT2D eigenvalue weighted by Crippen LogP contribution is 2.09. The Bertz CT molecular complexity index is 311. The molecular weight excluding hydrogens is 224 g/mol. The largest absolute Gasteiger partial charge is 0.326 e. The highest BCUT2D eigenvalue weighted by Gasteiger charge is 2.00. The molecule has 0 saturated carbocycles. The van der Waals surface area contributed by atoms with Crippen LogP contribution >= 0.6 is 12.4 Å². The maximum atomic E-state index is 11.4. The average Bonchev–Trinajstić information content (AvgIpc) is 2.27. The zero-order chi connectivity index (χ0) is 11.1. The summed E-state index contributed by atoms with van der Waals surface area (Å²) in [4.78, 5) is 11.4. The van der Waals surface area contributed by atoms with E-state index in [0.717, 1.165) is 24.1 Å². The summed E-state index contributed by atoms with van der Waals surface area (Å²) in [5.41, 5.74) is 7.39. The molecule has 0 saturated heterocycles. The summed E-state index contributed by atoms with van der Waals surface area (Å²) in [5.74, 6) is 0.0809. The molecule has 0 bridgehead atoms. The van der Waals surface area contributed by atoms with Crippen LogP contribution in [0.4, 0.5) is 5.69 Å². The van der Waals surface area contributed by atoms with Crippen LogP contribution in [0.15, 0.2) is 24.3 Å². The Morgan fingerprint density at radius 2 is 1.94 bits per heavy atom. The van der Waals surface area contributed by atoms with Crippen LogP contribution in [0.2, 0.25) is 0 Å². The first kappa shape index (κ1) is 14.9. The second-order valence-corrected chi connectivity index (χ2v) is 3.55. The smallest absolute Gasteiger partial charge is 0.224 e. The van der Waals surface area contributed by atoms with Crippen LogP contribution < -0.4 is 11.1 Å². The first-order valence-corrected chi connectivity index (χ1v) is 5.35. The summed E-state index contributed by atoms with van der Waals surface area (Å²) < 4.78 is 0. The first-order chi connectivity index (χ1) is 7.26. The SMILES string of the molecule is CCCCC(=O)Nc1ccc(CN)cc1.Cl. The van der Waals surface area contributed by atoms with Crippen molar-refractivity contribution in [3.63, 3.8) is 0 Å². The number of nitrogens with one attached hydrogen (secondary N) is 1. The topological polar surface area (TPSA) is 55.1 Å². The van der Waals surface area contributed by atoms with Gasteiger partial charge in [0.2, 0.25) is 5.91 Å². The minimum Gasteiger partial charge on any atom is -0.326 e. The average molecular weight is 243 g/mol. The lowest BCUT2D eigenvalue weighted by Crippen LogP contribution is -2.10. The summed E-state index contributed by atoms with van der Waals surface area (Å²) in [6, 6.07) is 7.61. The Labute approximate surface area is 103 Å². The van der Waals surface area contributed by atoms with Gasteiger partial charge in [-0.1, -0.05) is 25.5 Å². The van der Waals surface area contributed by atoms with Crippen LogP contribution in [0, 0.1) is 0 Å². The minimum atomic E-state index is 0. The van der Waals surface area contributed by atoms with E-state index in [1.807, 2.05) is 24.3 Å². The van der Waals surface area contributed by atoms with Gasteiger partial charge >= 0.3 is 0 Å². The molecule has 3 nitrogen and oxygen atoms in total. The van der Waals surface area contributed by atoms with Crippen LogP contribution in [0.3, 0.4) is 0 Å². The van der Waals surface area contributed by atoms with E-state index in [4.69, 9.17) is 5.73 Å². The molecule has 1 rings (SSSR count). The van der Waals surface area contributed by atoms with Gasteiger partial charge in [-0.3, -0.25) is 4.79 Å². The summed E-state index contributed by atoms with van der Waals surface area (Å²) >= 11 is 0. The highest BCUT2D eigenvalue weighted by atomic mass is 35.5. The number of hydrogen-bond acceptors (Lipinski definition) is 2. The van der Waals surface area contributed by atoms with Crippen molar-refractivity contribution in [1.82, 2.24) is 0 Å². The third-order valence-corrected chi connectivity index (χ3v) is 2.23. The molecule has 0 heterocycles. The third kappa shape index (κ3) is 5.14. The molecule has 0 fully saturated rings. The summed E-state index contributed by atoms with van der Waals surface area (Å²) in [6.45, 7) is 2.60. The van der Waals surface area contributed by atoms with E-state index in [-0.39, 0.29) is 18.3 Å². The van der Waals surface area contributed by atoms with Crippen molar-refractivity contribution in [2.24, 2.45) is 5.73 Å². The second kappa shape index (κ2) is 8.13. The number of halogens is 1. The van der Waals surface area contributed by atoms with Gasteiger partial charge in [0.1, 0.15) is 0 Å².